The number of unbranched alkanes of at least 4 members (excludes halogenated alkanes) is 1. The highest BCUT2D eigenvalue weighted by molar-refractivity contribution is 5.85. The molecule has 0 bridgehead atoms. The minimum Gasteiger partial charge on any atom is -0.461 e. The van der Waals surface area contributed by atoms with Crippen LogP contribution in [0.4, 0.5) is 4.79 Å². The van der Waals surface area contributed by atoms with Crippen molar-refractivity contribution in [3.63, 3.8) is 0 Å². The van der Waals surface area contributed by atoms with Gasteiger partial charge in [0.25, 0.3) is 0 Å². The van der Waals surface area contributed by atoms with E-state index in [2.05, 4.69) is 21.5 Å². The first-order valence-electron chi connectivity index (χ1n) is 23.8. The van der Waals surface area contributed by atoms with Crippen LogP contribution in [-0.4, -0.2) is 146 Å². The predicted molar refractivity (Wildman–Crippen MR) is 248 cm³/mol. The summed E-state index contributed by atoms with van der Waals surface area (Å²) in [6.07, 6.45) is 2.28. The number of Topliss-reactive ketones (excluding diaryl/α,β-unsaturated/α-hetero) is 1. The van der Waals surface area contributed by atoms with Crippen molar-refractivity contribution in [2.24, 2.45) is 23.7 Å². The Morgan fingerprint density at radius 3 is 2.43 bits per heavy atom. The van der Waals surface area contributed by atoms with E-state index in [-0.39, 0.29) is 43.7 Å². The Morgan fingerprint density at radius 1 is 1.01 bits per heavy atom. The number of esters is 2. The van der Waals surface area contributed by atoms with Crippen LogP contribution in [-0.2, 0) is 55.8 Å². The lowest BCUT2D eigenvalue weighted by molar-refractivity contribution is -0.302. The molecule has 3 aliphatic heterocycles. The average molecular weight is 933 g/mol. The summed E-state index contributed by atoms with van der Waals surface area (Å²) in [5.74, 6) is -4.91. The topological polar surface area (TPSA) is 194 Å². The van der Waals surface area contributed by atoms with Crippen molar-refractivity contribution in [2.75, 3.05) is 27.2 Å². The van der Waals surface area contributed by atoms with E-state index in [1.54, 1.807) is 75.6 Å². The second kappa shape index (κ2) is 22.1. The van der Waals surface area contributed by atoms with Crippen molar-refractivity contribution in [3.8, 4) is 0 Å². The molecule has 14 atom stereocenters. The lowest BCUT2D eigenvalue weighted by Crippen LogP contribution is -2.61. The monoisotopic (exact) mass is 933 g/mol. The number of nitrogens with zero attached hydrogens (tertiary/aromatic N) is 6. The van der Waals surface area contributed by atoms with Crippen molar-refractivity contribution < 1.29 is 52.7 Å². The number of hydrogen-bond donors (Lipinski definition) is 1. The van der Waals surface area contributed by atoms with Crippen molar-refractivity contribution in [2.45, 2.75) is 161 Å². The predicted octanol–water partition coefficient (Wildman–Crippen LogP) is 5.95. The van der Waals surface area contributed by atoms with Gasteiger partial charge in [0.15, 0.2) is 17.5 Å². The zero-order valence-corrected chi connectivity index (χ0v) is 40.9. The average Bonchev–Trinajstić information content (AvgIpc) is 3.84. The molecule has 368 valence electrons. The van der Waals surface area contributed by atoms with E-state index in [9.17, 15) is 19.5 Å². The van der Waals surface area contributed by atoms with Gasteiger partial charge in [0.2, 0.25) is 0 Å². The van der Waals surface area contributed by atoms with E-state index < -0.39 is 89.7 Å². The number of ketones is 1. The zero-order chi connectivity index (χ0) is 48.8. The van der Waals surface area contributed by atoms with E-state index in [0.29, 0.717) is 43.7 Å². The molecule has 1 N–H and O–H groups in total. The Bertz CT molecular complexity index is 2180. The van der Waals surface area contributed by atoms with Gasteiger partial charge in [-0.2, -0.15) is 0 Å². The fraction of sp³-hybridized carbons (Fsp3) is 0.660. The number of carbonyl (C=O) groups excluding carboxylic acids is 4. The van der Waals surface area contributed by atoms with Crippen LogP contribution in [0.5, 0.6) is 0 Å². The van der Waals surface area contributed by atoms with Crippen LogP contribution in [0.3, 0.4) is 0 Å². The number of likely N-dealkylation sites (N-methyl/N-ethyl adjacent to an activating group) is 1. The largest absolute Gasteiger partial charge is 0.461 e. The quantitative estimate of drug-likeness (QED) is 0.0813. The fourth-order valence-corrected chi connectivity index (χ4v) is 10.8. The molecule has 3 aliphatic rings. The van der Waals surface area contributed by atoms with Gasteiger partial charge in [0.1, 0.15) is 24.1 Å². The van der Waals surface area contributed by atoms with Gasteiger partial charge in [0, 0.05) is 62.9 Å². The van der Waals surface area contributed by atoms with Crippen LogP contribution >= 0.6 is 0 Å². The summed E-state index contributed by atoms with van der Waals surface area (Å²) in [5.41, 5.74) is -0.730. The molecular formula is C50H72N6O11. The van der Waals surface area contributed by atoms with Crippen LogP contribution in [0.1, 0.15) is 93.2 Å². The van der Waals surface area contributed by atoms with Crippen molar-refractivity contribution in [1.29, 1.82) is 0 Å². The normalized spacial score (nSPS) is 34.3. The standard InChI is InChI=1S/C50H72N6O11/c1-12-23-54(10)37-26-31(4)63-47(41(37)59)66-44-33(6)42(65-39(57)27-35-19-14-15-21-51-35)34(7)46(60)64-38(13-2)50(9)43(32(5)40(58)30(3)28-49(44,8)62-11)56(48(61)67-50)25-17-16-24-55-29-53-45-36(55)20-18-22-52-45/h12,14-15,18-22,29-34,37-38,41-44,47,59H,1,13,16-17,23-28H2,2-11H3/t30-,31+,32+,33+,34-,37-,38-,41+,42+,43-,44-,47-,49-,50-/m1/s1. The molecule has 3 aromatic rings. The lowest BCUT2D eigenvalue weighted by atomic mass is 9.73. The summed E-state index contributed by atoms with van der Waals surface area (Å²) in [7, 11) is 3.41. The summed E-state index contributed by atoms with van der Waals surface area (Å²) in [5, 5.41) is 11.9. The highest BCUT2D eigenvalue weighted by atomic mass is 16.7. The van der Waals surface area contributed by atoms with Gasteiger partial charge < -0.3 is 43.0 Å². The molecule has 1 amide bonds. The molecule has 3 aromatic heterocycles. The molecule has 0 unspecified atom stereocenters. The van der Waals surface area contributed by atoms with Gasteiger partial charge in [0.05, 0.1) is 53.7 Å². The fourth-order valence-electron chi connectivity index (χ4n) is 10.8. The Labute approximate surface area is 394 Å². The Hall–Kier alpha value is -4.81. The number of aliphatic hydroxyl groups is 1. The SMILES string of the molecule is C=CCN(C)[C@@H]1C[C@H](C)O[C@H](O[C@@H]2[C@@H](C)[C@H](OC(=O)Cc3ccccn3)[C@@H](C)C(=O)O[C@H](CC)[C@@]3(C)OC(=O)N(CCCCn4cnc5ncccc54)[C@@H]3[C@@H](C)C(=O)[C@H](C)C[C@@]2(C)OC)[C@H]1O. The minimum atomic E-state index is -1.44. The number of methoxy groups -OCH3 is 1. The number of imidazole rings is 1. The Morgan fingerprint density at radius 2 is 1.75 bits per heavy atom. The van der Waals surface area contributed by atoms with Crippen LogP contribution in [0.15, 0.2) is 61.7 Å². The molecule has 0 radical (unpaired) electrons. The molecule has 0 saturated carbocycles. The van der Waals surface area contributed by atoms with E-state index in [1.165, 1.54) is 7.11 Å². The van der Waals surface area contributed by atoms with Crippen LogP contribution < -0.4 is 0 Å². The molecule has 17 nitrogen and oxygen atoms in total. The number of carbonyl (C=O) groups is 4. The summed E-state index contributed by atoms with van der Waals surface area (Å²) < 4.78 is 40.7. The molecule has 3 saturated heterocycles. The summed E-state index contributed by atoms with van der Waals surface area (Å²) in [6.45, 7) is 19.6. The second-order valence-electron chi connectivity index (χ2n) is 19.3. The minimum absolute atomic E-state index is 0.108. The first-order chi connectivity index (χ1) is 31.9. The van der Waals surface area contributed by atoms with Gasteiger partial charge in [-0.25, -0.2) is 14.8 Å². The number of aromatic nitrogens is 4. The number of ether oxygens (including phenoxy) is 6. The number of pyridine rings is 2. The van der Waals surface area contributed by atoms with Crippen molar-refractivity contribution in [3.05, 3.63) is 67.4 Å². The molecule has 0 spiro atoms. The number of cyclic esters (lactones) is 1. The molecule has 6 heterocycles. The number of hydrogen-bond acceptors (Lipinski definition) is 15. The molecule has 0 aromatic carbocycles. The number of rotatable bonds is 15. The molecule has 67 heavy (non-hydrogen) atoms. The number of aryl methyl sites for hydroxylation is 1. The summed E-state index contributed by atoms with van der Waals surface area (Å²) in [6, 6.07) is 7.85. The van der Waals surface area contributed by atoms with Gasteiger partial charge >= 0.3 is 18.0 Å². The molecular weight excluding hydrogens is 861 g/mol. The Balaban J connectivity index is 1.37. The van der Waals surface area contributed by atoms with Gasteiger partial charge in [-0.05, 0) is 91.1 Å². The van der Waals surface area contributed by atoms with Crippen LogP contribution in [0.25, 0.3) is 11.2 Å². The van der Waals surface area contributed by atoms with E-state index in [4.69, 9.17) is 28.4 Å². The lowest BCUT2D eigenvalue weighted by Gasteiger charge is -2.48. The van der Waals surface area contributed by atoms with Crippen molar-refractivity contribution in [1.82, 2.24) is 29.3 Å². The first kappa shape index (κ1) is 51.6. The number of fused-ring (bicyclic) bond motifs is 2. The highest BCUT2D eigenvalue weighted by Gasteiger charge is 2.60. The third kappa shape index (κ3) is 11.2. The van der Waals surface area contributed by atoms with Crippen molar-refractivity contribution >= 4 is 35.0 Å². The highest BCUT2D eigenvalue weighted by Crippen LogP contribution is 2.44. The maximum absolute atomic E-state index is 15.0. The van der Waals surface area contributed by atoms with Crippen LogP contribution in [0.2, 0.25) is 0 Å². The molecule has 0 aliphatic carbocycles. The van der Waals surface area contributed by atoms with Gasteiger partial charge in [-0.1, -0.05) is 39.8 Å². The van der Waals surface area contributed by atoms with E-state index in [1.807, 2.05) is 56.3 Å². The molecule has 6 rings (SSSR count). The smallest absolute Gasteiger partial charge is 0.410 e. The van der Waals surface area contributed by atoms with E-state index in [0.717, 1.165) is 5.52 Å². The maximum Gasteiger partial charge on any atom is 0.410 e. The summed E-state index contributed by atoms with van der Waals surface area (Å²) >= 11 is 0. The van der Waals surface area contributed by atoms with Gasteiger partial charge in [-0.3, -0.25) is 24.3 Å². The van der Waals surface area contributed by atoms with E-state index >= 15 is 4.79 Å². The summed E-state index contributed by atoms with van der Waals surface area (Å²) in [4.78, 5) is 74.5. The number of aliphatic hydroxyl groups excluding tert-OH is 1. The van der Waals surface area contributed by atoms with Gasteiger partial charge in [-0.15, -0.1) is 6.58 Å². The first-order valence-corrected chi connectivity index (χ1v) is 23.8. The second-order valence-corrected chi connectivity index (χ2v) is 19.3. The zero-order valence-electron chi connectivity index (χ0n) is 40.9. The molecule has 3 fully saturated rings. The van der Waals surface area contributed by atoms with Crippen LogP contribution in [0, 0.1) is 23.7 Å². The molecule has 17 heteroatoms. The maximum atomic E-state index is 15.0. The third-order valence-corrected chi connectivity index (χ3v) is 14.4. The number of amides is 1. The Kier molecular flexibility index (Phi) is 17.0. The third-order valence-electron chi connectivity index (χ3n) is 14.4.